The Morgan fingerprint density at radius 3 is 2.65 bits per heavy atom. The topological polar surface area (TPSA) is 100 Å². The molecule has 4 rings (SSSR count). The van der Waals surface area contributed by atoms with Gasteiger partial charge in [-0.1, -0.05) is 12.1 Å². The largest absolute Gasteiger partial charge is 0.504 e. The maximum atomic E-state index is 13.6. The lowest BCUT2D eigenvalue weighted by molar-refractivity contribution is 0.0716. The highest BCUT2D eigenvalue weighted by Gasteiger charge is 2.42. The van der Waals surface area contributed by atoms with Gasteiger partial charge in [0.2, 0.25) is 5.76 Å². The van der Waals surface area contributed by atoms with Gasteiger partial charge in [-0.05, 0) is 62.1 Å². The van der Waals surface area contributed by atoms with E-state index in [1.54, 1.807) is 25.1 Å². The van der Waals surface area contributed by atoms with Crippen molar-refractivity contribution in [1.82, 2.24) is 4.90 Å². The van der Waals surface area contributed by atoms with Gasteiger partial charge < -0.3 is 24.3 Å². The number of hydrogen-bond donors (Lipinski definition) is 2. The number of benzene rings is 2. The standard InChI is InChI=1S/C24H25NO6/c1-4-30-18-12-15(6-7-17(18)27)20-19-21(28)16-11-13(2)10-14(3)22(16)31-23(19)24(29)25(20)8-5-9-26/h6-7,10-12,20,26-27H,4-5,8-9H2,1-3H3. The molecule has 0 spiro atoms. The van der Waals surface area contributed by atoms with Crippen LogP contribution in [-0.2, 0) is 0 Å². The summed E-state index contributed by atoms with van der Waals surface area (Å²) < 4.78 is 11.5. The Morgan fingerprint density at radius 2 is 1.94 bits per heavy atom. The lowest BCUT2D eigenvalue weighted by Crippen LogP contribution is -2.31. The summed E-state index contributed by atoms with van der Waals surface area (Å²) in [4.78, 5) is 28.4. The SMILES string of the molecule is CCOc1cc(C2c3c(oc4c(C)cc(C)cc4c3=O)C(=O)N2CCCO)ccc1O. The van der Waals surface area contributed by atoms with E-state index in [2.05, 4.69) is 0 Å². The molecule has 0 saturated carbocycles. The van der Waals surface area contributed by atoms with Gasteiger partial charge in [0.15, 0.2) is 16.9 Å². The highest BCUT2D eigenvalue weighted by Crippen LogP contribution is 2.41. The van der Waals surface area contributed by atoms with Crippen LogP contribution in [0.4, 0.5) is 0 Å². The van der Waals surface area contributed by atoms with Crippen LogP contribution in [0.1, 0.15) is 52.2 Å². The van der Waals surface area contributed by atoms with Crippen LogP contribution in [0, 0.1) is 13.8 Å². The molecule has 3 aromatic rings. The van der Waals surface area contributed by atoms with E-state index in [0.29, 0.717) is 29.6 Å². The molecule has 1 atom stereocenters. The fourth-order valence-electron chi connectivity index (χ4n) is 4.26. The van der Waals surface area contributed by atoms with E-state index in [-0.39, 0.29) is 41.4 Å². The minimum Gasteiger partial charge on any atom is -0.504 e. The molecule has 7 nitrogen and oxygen atoms in total. The fraction of sp³-hybridized carbons (Fsp3) is 0.333. The molecule has 7 heteroatoms. The van der Waals surface area contributed by atoms with E-state index in [0.717, 1.165) is 11.1 Å². The average Bonchev–Trinajstić information content (AvgIpc) is 3.01. The van der Waals surface area contributed by atoms with Crippen LogP contribution >= 0.6 is 0 Å². The zero-order valence-electron chi connectivity index (χ0n) is 17.8. The highest BCUT2D eigenvalue weighted by atomic mass is 16.5. The maximum absolute atomic E-state index is 13.6. The number of fused-ring (bicyclic) bond motifs is 2. The smallest absolute Gasteiger partial charge is 0.290 e. The van der Waals surface area contributed by atoms with Crippen molar-refractivity contribution in [2.75, 3.05) is 19.8 Å². The second-order valence-electron chi connectivity index (χ2n) is 7.77. The molecule has 0 aliphatic carbocycles. The van der Waals surface area contributed by atoms with Gasteiger partial charge in [-0.25, -0.2) is 0 Å². The van der Waals surface area contributed by atoms with Crippen LogP contribution in [-0.4, -0.2) is 40.8 Å². The number of carbonyl (C=O) groups is 1. The molecule has 1 amide bonds. The van der Waals surface area contributed by atoms with Crippen molar-refractivity contribution >= 4 is 16.9 Å². The number of hydrogen-bond acceptors (Lipinski definition) is 6. The number of aryl methyl sites for hydroxylation is 2. The van der Waals surface area contributed by atoms with E-state index in [4.69, 9.17) is 9.15 Å². The number of phenols is 1. The van der Waals surface area contributed by atoms with Crippen molar-refractivity contribution in [2.24, 2.45) is 0 Å². The molecule has 2 N–H and O–H groups in total. The summed E-state index contributed by atoms with van der Waals surface area (Å²) in [6.07, 6.45) is 0.360. The molecule has 1 aliphatic rings. The van der Waals surface area contributed by atoms with Gasteiger partial charge in [0.25, 0.3) is 5.91 Å². The molecular formula is C24H25NO6. The molecule has 31 heavy (non-hydrogen) atoms. The Bertz CT molecular complexity index is 1230. The number of nitrogens with zero attached hydrogens (tertiary/aromatic N) is 1. The van der Waals surface area contributed by atoms with Gasteiger partial charge in [-0.3, -0.25) is 9.59 Å². The molecule has 0 saturated heterocycles. The van der Waals surface area contributed by atoms with E-state index >= 15 is 0 Å². The molecular weight excluding hydrogens is 398 g/mol. The third-order valence-electron chi connectivity index (χ3n) is 5.55. The lowest BCUT2D eigenvalue weighted by Gasteiger charge is -2.25. The quantitative estimate of drug-likeness (QED) is 0.630. The molecule has 0 radical (unpaired) electrons. The first-order chi connectivity index (χ1) is 14.9. The number of amides is 1. The van der Waals surface area contributed by atoms with E-state index in [1.807, 2.05) is 19.9 Å². The zero-order chi connectivity index (χ0) is 22.3. The molecule has 0 bridgehead atoms. The molecule has 1 unspecified atom stereocenters. The van der Waals surface area contributed by atoms with Crippen LogP contribution in [0.3, 0.4) is 0 Å². The summed E-state index contributed by atoms with van der Waals surface area (Å²) in [5.74, 6) is -0.106. The zero-order valence-corrected chi connectivity index (χ0v) is 17.8. The van der Waals surface area contributed by atoms with Crippen LogP contribution in [0.25, 0.3) is 11.0 Å². The summed E-state index contributed by atoms with van der Waals surface area (Å²) in [6, 6.07) is 7.78. The van der Waals surface area contributed by atoms with E-state index < -0.39 is 11.9 Å². The van der Waals surface area contributed by atoms with Crippen LogP contribution in [0.2, 0.25) is 0 Å². The van der Waals surface area contributed by atoms with Crippen molar-refractivity contribution in [2.45, 2.75) is 33.2 Å². The fourth-order valence-corrected chi connectivity index (χ4v) is 4.26. The van der Waals surface area contributed by atoms with Gasteiger partial charge in [0, 0.05) is 13.2 Å². The normalized spacial score (nSPS) is 15.5. The molecule has 2 heterocycles. The Labute approximate surface area is 179 Å². The Hall–Kier alpha value is -3.32. The maximum Gasteiger partial charge on any atom is 0.290 e. The molecule has 0 fully saturated rings. The summed E-state index contributed by atoms with van der Waals surface area (Å²) in [6.45, 7) is 6.08. The average molecular weight is 423 g/mol. The number of rotatable bonds is 6. The lowest BCUT2D eigenvalue weighted by atomic mass is 9.97. The number of phenolic OH excluding ortho intramolecular Hbond substituents is 1. The number of carbonyl (C=O) groups excluding carboxylic acids is 1. The van der Waals surface area contributed by atoms with Gasteiger partial charge in [0.1, 0.15) is 5.58 Å². The van der Waals surface area contributed by atoms with Crippen LogP contribution in [0.5, 0.6) is 11.5 Å². The minimum absolute atomic E-state index is 0.0196. The molecule has 1 aliphatic heterocycles. The van der Waals surface area contributed by atoms with Crippen LogP contribution < -0.4 is 10.2 Å². The summed E-state index contributed by atoms with van der Waals surface area (Å²) in [7, 11) is 0. The first kappa shape index (κ1) is 20.9. The number of aliphatic hydroxyl groups excluding tert-OH is 1. The van der Waals surface area contributed by atoms with Crippen LogP contribution in [0.15, 0.2) is 39.5 Å². The summed E-state index contributed by atoms with van der Waals surface area (Å²) in [5, 5.41) is 19.9. The minimum atomic E-state index is -0.699. The van der Waals surface area contributed by atoms with Gasteiger partial charge >= 0.3 is 0 Å². The number of ether oxygens (including phenoxy) is 1. The van der Waals surface area contributed by atoms with E-state index in [1.165, 1.54) is 11.0 Å². The summed E-state index contributed by atoms with van der Waals surface area (Å²) >= 11 is 0. The van der Waals surface area contributed by atoms with Crippen molar-refractivity contribution in [3.05, 3.63) is 68.6 Å². The predicted molar refractivity (Wildman–Crippen MR) is 116 cm³/mol. The monoisotopic (exact) mass is 423 g/mol. The number of aromatic hydroxyl groups is 1. The van der Waals surface area contributed by atoms with Crippen molar-refractivity contribution in [1.29, 1.82) is 0 Å². The van der Waals surface area contributed by atoms with Gasteiger partial charge in [-0.15, -0.1) is 0 Å². The Morgan fingerprint density at radius 1 is 1.16 bits per heavy atom. The van der Waals surface area contributed by atoms with Gasteiger partial charge in [0.05, 0.1) is 23.6 Å². The molecule has 1 aromatic heterocycles. The second-order valence-corrected chi connectivity index (χ2v) is 7.77. The number of aliphatic hydroxyl groups is 1. The second kappa shape index (κ2) is 8.07. The first-order valence-electron chi connectivity index (χ1n) is 10.3. The third-order valence-corrected chi connectivity index (χ3v) is 5.55. The molecule has 162 valence electrons. The van der Waals surface area contributed by atoms with Crippen molar-refractivity contribution in [3.63, 3.8) is 0 Å². The van der Waals surface area contributed by atoms with E-state index in [9.17, 15) is 19.8 Å². The summed E-state index contributed by atoms with van der Waals surface area (Å²) in [5.41, 5.74) is 2.77. The van der Waals surface area contributed by atoms with Crippen molar-refractivity contribution in [3.8, 4) is 11.5 Å². The third kappa shape index (κ3) is 3.45. The Balaban J connectivity index is 1.98. The highest BCUT2D eigenvalue weighted by molar-refractivity contribution is 5.99. The first-order valence-corrected chi connectivity index (χ1v) is 10.3. The molecule has 2 aromatic carbocycles. The predicted octanol–water partition coefficient (Wildman–Crippen LogP) is 3.44. The Kier molecular flexibility index (Phi) is 5.45. The van der Waals surface area contributed by atoms with Gasteiger partial charge in [-0.2, -0.15) is 0 Å². The van der Waals surface area contributed by atoms with Crippen molar-refractivity contribution < 1.29 is 24.2 Å².